The molecule has 0 aromatic carbocycles. The van der Waals surface area contributed by atoms with Gasteiger partial charge in [-0.3, -0.25) is 4.90 Å². The van der Waals surface area contributed by atoms with E-state index in [0.717, 1.165) is 17.2 Å². The summed E-state index contributed by atoms with van der Waals surface area (Å²) in [6.45, 7) is 7.68. The topological polar surface area (TPSA) is 87.3 Å². The molecule has 0 radical (unpaired) electrons. The Labute approximate surface area is 99.6 Å². The highest BCUT2D eigenvalue weighted by atomic mass is 32.1. The fraction of sp³-hybridized carbons (Fsp3) is 0.778. The van der Waals surface area contributed by atoms with Crippen LogP contribution in [0.3, 0.4) is 0 Å². The van der Waals surface area contributed by atoms with Crippen molar-refractivity contribution in [1.82, 2.24) is 14.5 Å². The van der Waals surface area contributed by atoms with Crippen LogP contribution in [-0.2, 0) is 6.54 Å². The second kappa shape index (κ2) is 5.53. The Bertz CT molecular complexity index is 322. The van der Waals surface area contributed by atoms with E-state index in [9.17, 15) is 5.11 Å². The lowest BCUT2D eigenvalue weighted by molar-refractivity contribution is 0.0350. The number of hydrazine groups is 1. The molecule has 0 unspecified atom stereocenters. The summed E-state index contributed by atoms with van der Waals surface area (Å²) < 4.78 is 3.84. The van der Waals surface area contributed by atoms with Crippen LogP contribution in [0.15, 0.2) is 0 Å². The molecule has 0 saturated heterocycles. The van der Waals surface area contributed by atoms with E-state index < -0.39 is 5.60 Å². The Morgan fingerprint density at radius 3 is 2.75 bits per heavy atom. The molecule has 0 aliphatic heterocycles. The number of aromatic nitrogens is 2. The smallest absolute Gasteiger partial charge is 0.148 e. The van der Waals surface area contributed by atoms with Gasteiger partial charge in [-0.15, -0.1) is 5.10 Å². The van der Waals surface area contributed by atoms with Gasteiger partial charge in [-0.05, 0) is 20.4 Å². The van der Waals surface area contributed by atoms with Crippen LogP contribution in [-0.4, -0.2) is 38.3 Å². The number of aliphatic hydroxyl groups is 1. The number of likely N-dealkylation sites (N-methyl/N-ethyl adjacent to an activating group) is 1. The Morgan fingerprint density at radius 2 is 2.25 bits per heavy atom. The molecule has 0 saturated carbocycles. The standard InChI is InChI=1S/C9H19N5OS/c1-4-14(6-9(2,3)15)5-7-8(11-10)16-13-12-7/h11,15H,4-6,10H2,1-3H3. The fourth-order valence-electron chi connectivity index (χ4n) is 1.46. The maximum atomic E-state index is 9.76. The first kappa shape index (κ1) is 13.3. The first-order valence-corrected chi connectivity index (χ1v) is 5.96. The van der Waals surface area contributed by atoms with Crippen molar-refractivity contribution < 1.29 is 5.11 Å². The van der Waals surface area contributed by atoms with Crippen molar-refractivity contribution in [1.29, 1.82) is 0 Å². The number of nitrogens with two attached hydrogens (primary N) is 1. The van der Waals surface area contributed by atoms with Gasteiger partial charge in [0, 0.05) is 24.6 Å². The molecule has 16 heavy (non-hydrogen) atoms. The average Bonchev–Trinajstić information content (AvgIpc) is 2.62. The van der Waals surface area contributed by atoms with Crippen molar-refractivity contribution in [3.63, 3.8) is 0 Å². The van der Waals surface area contributed by atoms with Gasteiger partial charge in [0.1, 0.15) is 10.7 Å². The normalized spacial score (nSPS) is 12.1. The number of hydrogen-bond acceptors (Lipinski definition) is 7. The molecule has 0 bridgehead atoms. The lowest BCUT2D eigenvalue weighted by atomic mass is 10.1. The third kappa shape index (κ3) is 4.01. The van der Waals surface area contributed by atoms with E-state index >= 15 is 0 Å². The third-order valence-electron chi connectivity index (χ3n) is 2.12. The summed E-state index contributed by atoms with van der Waals surface area (Å²) in [4.78, 5) is 2.09. The molecular weight excluding hydrogens is 226 g/mol. The summed E-state index contributed by atoms with van der Waals surface area (Å²) >= 11 is 1.23. The van der Waals surface area contributed by atoms with Gasteiger partial charge < -0.3 is 10.5 Å². The first-order chi connectivity index (χ1) is 7.46. The number of anilines is 1. The molecule has 0 spiro atoms. The monoisotopic (exact) mass is 245 g/mol. The van der Waals surface area contributed by atoms with Crippen LogP contribution in [0.4, 0.5) is 5.00 Å². The van der Waals surface area contributed by atoms with Crippen molar-refractivity contribution in [2.45, 2.75) is 32.9 Å². The van der Waals surface area contributed by atoms with Crippen LogP contribution < -0.4 is 11.3 Å². The molecule has 0 atom stereocenters. The molecule has 1 heterocycles. The highest BCUT2D eigenvalue weighted by Crippen LogP contribution is 2.18. The Kier molecular flexibility index (Phi) is 4.60. The Balaban J connectivity index is 2.63. The van der Waals surface area contributed by atoms with E-state index in [0.29, 0.717) is 13.1 Å². The molecule has 4 N–H and O–H groups in total. The van der Waals surface area contributed by atoms with Gasteiger partial charge in [0.2, 0.25) is 0 Å². The van der Waals surface area contributed by atoms with Crippen molar-refractivity contribution in [2.75, 3.05) is 18.5 Å². The van der Waals surface area contributed by atoms with Crippen LogP contribution in [0.1, 0.15) is 26.5 Å². The summed E-state index contributed by atoms with van der Waals surface area (Å²) in [5.41, 5.74) is 2.68. The summed E-state index contributed by atoms with van der Waals surface area (Å²) in [6, 6.07) is 0. The molecule has 1 aromatic rings. The third-order valence-corrected chi connectivity index (χ3v) is 2.82. The van der Waals surface area contributed by atoms with Gasteiger partial charge in [0.25, 0.3) is 0 Å². The number of nitrogen functional groups attached to an aromatic ring is 1. The van der Waals surface area contributed by atoms with Crippen molar-refractivity contribution in [3.8, 4) is 0 Å². The molecule has 1 rings (SSSR count). The zero-order chi connectivity index (χ0) is 12.2. The molecule has 7 heteroatoms. The number of nitrogens with one attached hydrogen (secondary N) is 1. The summed E-state index contributed by atoms with van der Waals surface area (Å²) in [5, 5.41) is 14.5. The van der Waals surface area contributed by atoms with Crippen LogP contribution in [0.2, 0.25) is 0 Å². The van der Waals surface area contributed by atoms with E-state index in [-0.39, 0.29) is 0 Å². The number of rotatable bonds is 6. The van der Waals surface area contributed by atoms with Gasteiger partial charge in [-0.1, -0.05) is 11.4 Å². The molecule has 6 nitrogen and oxygen atoms in total. The van der Waals surface area contributed by atoms with Crippen molar-refractivity contribution in [3.05, 3.63) is 5.69 Å². The molecule has 0 fully saturated rings. The van der Waals surface area contributed by atoms with Crippen LogP contribution in [0, 0.1) is 0 Å². The van der Waals surface area contributed by atoms with Crippen LogP contribution in [0.25, 0.3) is 0 Å². The predicted octanol–water partition coefficient (Wildman–Crippen LogP) is 0.416. The van der Waals surface area contributed by atoms with E-state index in [2.05, 4.69) is 19.9 Å². The molecule has 92 valence electrons. The number of hydrogen-bond donors (Lipinski definition) is 3. The first-order valence-electron chi connectivity index (χ1n) is 5.19. The van der Waals surface area contributed by atoms with Gasteiger partial charge in [0.05, 0.1) is 5.60 Å². The van der Waals surface area contributed by atoms with Gasteiger partial charge in [-0.2, -0.15) is 0 Å². The molecule has 1 aromatic heterocycles. The number of nitrogens with zero attached hydrogens (tertiary/aromatic N) is 3. The second-order valence-electron chi connectivity index (χ2n) is 4.31. The van der Waals surface area contributed by atoms with Gasteiger partial charge in [0.15, 0.2) is 0 Å². The average molecular weight is 245 g/mol. The predicted molar refractivity (Wildman–Crippen MR) is 65.0 cm³/mol. The van der Waals surface area contributed by atoms with E-state index in [1.165, 1.54) is 11.5 Å². The van der Waals surface area contributed by atoms with Crippen molar-refractivity contribution >= 4 is 16.5 Å². The second-order valence-corrected chi connectivity index (χ2v) is 5.06. The van der Waals surface area contributed by atoms with Gasteiger partial charge in [-0.25, -0.2) is 5.84 Å². The van der Waals surface area contributed by atoms with E-state index in [1.54, 1.807) is 13.8 Å². The molecule has 0 amide bonds. The minimum absolute atomic E-state index is 0.588. The van der Waals surface area contributed by atoms with Crippen molar-refractivity contribution in [2.24, 2.45) is 5.84 Å². The lowest BCUT2D eigenvalue weighted by Gasteiger charge is -2.27. The minimum atomic E-state index is -0.713. The van der Waals surface area contributed by atoms with Crippen LogP contribution >= 0.6 is 11.5 Å². The maximum Gasteiger partial charge on any atom is 0.148 e. The van der Waals surface area contributed by atoms with E-state index in [4.69, 9.17) is 5.84 Å². The minimum Gasteiger partial charge on any atom is -0.389 e. The highest BCUT2D eigenvalue weighted by Gasteiger charge is 2.19. The fourth-order valence-corrected chi connectivity index (χ4v) is 1.94. The van der Waals surface area contributed by atoms with Crippen LogP contribution in [0.5, 0.6) is 0 Å². The molecule has 0 aliphatic carbocycles. The zero-order valence-electron chi connectivity index (χ0n) is 9.90. The van der Waals surface area contributed by atoms with Gasteiger partial charge >= 0.3 is 0 Å². The summed E-state index contributed by atoms with van der Waals surface area (Å²) in [6.07, 6.45) is 0. The van der Waals surface area contributed by atoms with E-state index in [1.807, 2.05) is 6.92 Å². The summed E-state index contributed by atoms with van der Waals surface area (Å²) in [7, 11) is 0. The SMILES string of the molecule is CCN(Cc1nnsc1NN)CC(C)(C)O. The Hall–Kier alpha value is -0.760. The Morgan fingerprint density at radius 1 is 1.56 bits per heavy atom. The molecular formula is C9H19N5OS. The lowest BCUT2D eigenvalue weighted by Crippen LogP contribution is -2.38. The highest BCUT2D eigenvalue weighted by molar-refractivity contribution is 7.10. The quantitative estimate of drug-likeness (QED) is 0.497. The zero-order valence-corrected chi connectivity index (χ0v) is 10.7. The largest absolute Gasteiger partial charge is 0.389 e. The summed E-state index contributed by atoms with van der Waals surface area (Å²) in [5.74, 6) is 5.35. The maximum absolute atomic E-state index is 9.76. The molecule has 0 aliphatic rings.